The molecule has 2 nitrogen and oxygen atoms in total. The predicted molar refractivity (Wildman–Crippen MR) is 72.4 cm³/mol. The van der Waals surface area contributed by atoms with E-state index in [2.05, 4.69) is 43.0 Å². The van der Waals surface area contributed by atoms with Gasteiger partial charge in [-0.05, 0) is 36.0 Å². The molecule has 1 aliphatic heterocycles. The standard InChI is InChI=1S/C15H22N2/c1-15(2)13(14(15)16)11-5-7-12(8-6-11)17-9-3-4-10-17/h5-8,13-14H,3-4,9-10,16H2,1-2H3/t13-,14-/m0/s1. The topological polar surface area (TPSA) is 29.3 Å². The number of hydrogen-bond donors (Lipinski definition) is 1. The van der Waals surface area contributed by atoms with E-state index in [1.165, 1.54) is 37.2 Å². The van der Waals surface area contributed by atoms with Gasteiger partial charge in [0.2, 0.25) is 0 Å². The maximum Gasteiger partial charge on any atom is 0.0366 e. The van der Waals surface area contributed by atoms with E-state index in [0.717, 1.165) is 0 Å². The second-order valence-electron chi connectivity index (χ2n) is 6.11. The van der Waals surface area contributed by atoms with E-state index in [0.29, 0.717) is 12.0 Å². The number of benzene rings is 1. The van der Waals surface area contributed by atoms with Crippen LogP contribution in [-0.2, 0) is 0 Å². The van der Waals surface area contributed by atoms with E-state index >= 15 is 0 Å². The Kier molecular flexibility index (Phi) is 2.44. The van der Waals surface area contributed by atoms with Crippen LogP contribution < -0.4 is 10.6 Å². The molecule has 2 aliphatic rings. The Morgan fingerprint density at radius 2 is 1.65 bits per heavy atom. The highest BCUT2D eigenvalue weighted by atomic mass is 15.1. The van der Waals surface area contributed by atoms with Crippen molar-refractivity contribution in [3.05, 3.63) is 29.8 Å². The van der Waals surface area contributed by atoms with Crippen LogP contribution in [0.2, 0.25) is 0 Å². The van der Waals surface area contributed by atoms with E-state index in [9.17, 15) is 0 Å². The Morgan fingerprint density at radius 1 is 1.12 bits per heavy atom. The lowest BCUT2D eigenvalue weighted by Crippen LogP contribution is -2.17. The van der Waals surface area contributed by atoms with Crippen molar-refractivity contribution in [2.75, 3.05) is 18.0 Å². The van der Waals surface area contributed by atoms with Crippen LogP contribution in [0.4, 0.5) is 5.69 Å². The van der Waals surface area contributed by atoms with E-state index < -0.39 is 0 Å². The molecule has 2 atom stereocenters. The first kappa shape index (κ1) is 11.1. The van der Waals surface area contributed by atoms with Gasteiger partial charge >= 0.3 is 0 Å². The Hall–Kier alpha value is -1.02. The normalized spacial score (nSPS) is 30.6. The van der Waals surface area contributed by atoms with Gasteiger partial charge in [-0.3, -0.25) is 0 Å². The summed E-state index contributed by atoms with van der Waals surface area (Å²) in [7, 11) is 0. The molecule has 1 heterocycles. The van der Waals surface area contributed by atoms with Gasteiger partial charge in [0.25, 0.3) is 0 Å². The molecular formula is C15H22N2. The number of nitrogens with two attached hydrogens (primary N) is 1. The number of hydrogen-bond acceptors (Lipinski definition) is 2. The summed E-state index contributed by atoms with van der Waals surface area (Å²) in [6, 6.07) is 9.41. The van der Waals surface area contributed by atoms with Crippen LogP contribution in [0.15, 0.2) is 24.3 Å². The van der Waals surface area contributed by atoms with Crippen LogP contribution in [0.25, 0.3) is 0 Å². The van der Waals surface area contributed by atoms with E-state index in [-0.39, 0.29) is 5.41 Å². The average Bonchev–Trinajstić information content (AvgIpc) is 2.77. The minimum Gasteiger partial charge on any atom is -0.372 e. The molecule has 2 fully saturated rings. The van der Waals surface area contributed by atoms with Crippen molar-refractivity contribution >= 4 is 5.69 Å². The van der Waals surface area contributed by atoms with Crippen molar-refractivity contribution in [3.8, 4) is 0 Å². The minimum absolute atomic E-state index is 0.287. The zero-order valence-electron chi connectivity index (χ0n) is 10.8. The van der Waals surface area contributed by atoms with Gasteiger partial charge in [-0.1, -0.05) is 26.0 Å². The number of anilines is 1. The molecular weight excluding hydrogens is 208 g/mol. The first-order valence-electron chi connectivity index (χ1n) is 6.71. The highest BCUT2D eigenvalue weighted by Gasteiger charge is 2.55. The average molecular weight is 230 g/mol. The summed E-state index contributed by atoms with van der Waals surface area (Å²) in [5, 5.41) is 0. The van der Waals surface area contributed by atoms with Crippen molar-refractivity contribution in [2.24, 2.45) is 11.1 Å². The van der Waals surface area contributed by atoms with Gasteiger partial charge in [-0.15, -0.1) is 0 Å². The lowest BCUT2D eigenvalue weighted by atomic mass is 10.0. The zero-order chi connectivity index (χ0) is 12.0. The molecule has 0 spiro atoms. The second-order valence-corrected chi connectivity index (χ2v) is 6.11. The first-order chi connectivity index (χ1) is 8.10. The lowest BCUT2D eigenvalue weighted by molar-refractivity contribution is 0.599. The predicted octanol–water partition coefficient (Wildman–Crippen LogP) is 2.74. The minimum atomic E-state index is 0.287. The Bertz CT molecular complexity index is 401. The molecule has 2 N–H and O–H groups in total. The Balaban J connectivity index is 1.77. The quantitative estimate of drug-likeness (QED) is 0.846. The SMILES string of the molecule is CC1(C)[C@@H](N)[C@@H]1c1ccc(N2CCCC2)cc1. The van der Waals surface area contributed by atoms with Crippen LogP contribution >= 0.6 is 0 Å². The van der Waals surface area contributed by atoms with Crippen molar-refractivity contribution in [2.45, 2.75) is 38.6 Å². The molecule has 2 heteroatoms. The summed E-state index contributed by atoms with van der Waals surface area (Å²) in [6.45, 7) is 6.95. The van der Waals surface area contributed by atoms with Gasteiger partial charge in [0.15, 0.2) is 0 Å². The van der Waals surface area contributed by atoms with Gasteiger partial charge in [0.1, 0.15) is 0 Å². The molecule has 1 aromatic rings. The van der Waals surface area contributed by atoms with Crippen molar-refractivity contribution in [1.29, 1.82) is 0 Å². The number of nitrogens with zero attached hydrogens (tertiary/aromatic N) is 1. The summed E-state index contributed by atoms with van der Waals surface area (Å²) < 4.78 is 0. The van der Waals surface area contributed by atoms with Gasteiger partial charge in [0.05, 0.1) is 0 Å². The molecule has 92 valence electrons. The van der Waals surface area contributed by atoms with Gasteiger partial charge in [-0.2, -0.15) is 0 Å². The molecule has 0 amide bonds. The van der Waals surface area contributed by atoms with E-state index in [1.807, 2.05) is 0 Å². The molecule has 1 aliphatic carbocycles. The number of rotatable bonds is 2. The first-order valence-corrected chi connectivity index (χ1v) is 6.71. The second kappa shape index (κ2) is 3.74. The van der Waals surface area contributed by atoms with Crippen LogP contribution in [0.1, 0.15) is 38.2 Å². The van der Waals surface area contributed by atoms with Crippen molar-refractivity contribution < 1.29 is 0 Å². The van der Waals surface area contributed by atoms with Crippen LogP contribution in [0, 0.1) is 5.41 Å². The van der Waals surface area contributed by atoms with Crippen molar-refractivity contribution in [1.82, 2.24) is 0 Å². The third kappa shape index (κ3) is 1.75. The molecule has 17 heavy (non-hydrogen) atoms. The van der Waals surface area contributed by atoms with Crippen LogP contribution in [0.3, 0.4) is 0 Å². The highest BCUT2D eigenvalue weighted by Crippen LogP contribution is 2.57. The summed E-state index contributed by atoms with van der Waals surface area (Å²) in [4.78, 5) is 2.47. The molecule has 0 bridgehead atoms. The fourth-order valence-electron chi connectivity index (χ4n) is 3.18. The van der Waals surface area contributed by atoms with Gasteiger partial charge < -0.3 is 10.6 Å². The molecule has 0 radical (unpaired) electrons. The summed E-state index contributed by atoms with van der Waals surface area (Å²) in [6.07, 6.45) is 2.67. The molecule has 0 aromatic heterocycles. The Morgan fingerprint density at radius 3 is 2.12 bits per heavy atom. The molecule has 1 saturated heterocycles. The van der Waals surface area contributed by atoms with Crippen molar-refractivity contribution in [3.63, 3.8) is 0 Å². The maximum atomic E-state index is 6.13. The van der Waals surface area contributed by atoms with Gasteiger partial charge in [-0.25, -0.2) is 0 Å². The molecule has 0 unspecified atom stereocenters. The lowest BCUT2D eigenvalue weighted by Gasteiger charge is -2.17. The molecule has 1 aromatic carbocycles. The fraction of sp³-hybridized carbons (Fsp3) is 0.600. The van der Waals surface area contributed by atoms with E-state index in [1.54, 1.807) is 0 Å². The molecule has 1 saturated carbocycles. The largest absolute Gasteiger partial charge is 0.372 e. The zero-order valence-corrected chi connectivity index (χ0v) is 10.8. The van der Waals surface area contributed by atoms with Gasteiger partial charge in [0, 0.05) is 30.7 Å². The molecule has 3 rings (SSSR count). The summed E-state index contributed by atoms with van der Waals surface area (Å²) >= 11 is 0. The monoisotopic (exact) mass is 230 g/mol. The Labute approximate surface area is 104 Å². The highest BCUT2D eigenvalue weighted by molar-refractivity contribution is 5.50. The summed E-state index contributed by atoms with van der Waals surface area (Å²) in [5.41, 5.74) is 9.19. The van der Waals surface area contributed by atoms with E-state index in [4.69, 9.17) is 5.73 Å². The van der Waals surface area contributed by atoms with Crippen LogP contribution in [-0.4, -0.2) is 19.1 Å². The van der Waals surface area contributed by atoms with Crippen LogP contribution in [0.5, 0.6) is 0 Å². The smallest absolute Gasteiger partial charge is 0.0366 e. The fourth-order valence-corrected chi connectivity index (χ4v) is 3.18. The third-order valence-corrected chi connectivity index (χ3v) is 4.63. The summed E-state index contributed by atoms with van der Waals surface area (Å²) in [5.74, 6) is 0.551. The third-order valence-electron chi connectivity index (χ3n) is 4.63. The maximum absolute atomic E-state index is 6.13.